The maximum Gasteiger partial charge on any atom is 0.228 e. The molecular weight excluding hydrogens is 232 g/mol. The Bertz CT molecular complexity index is 439. The van der Waals surface area contributed by atoms with Crippen molar-refractivity contribution in [2.45, 2.75) is 20.3 Å². The summed E-state index contributed by atoms with van der Waals surface area (Å²) >= 11 is 1.85. The van der Waals surface area contributed by atoms with Gasteiger partial charge in [0.05, 0.1) is 0 Å². The zero-order valence-corrected chi connectivity index (χ0v) is 11.1. The molecule has 1 aromatic carbocycles. The van der Waals surface area contributed by atoms with E-state index in [9.17, 15) is 4.79 Å². The highest BCUT2D eigenvalue weighted by atomic mass is 32.2. The van der Waals surface area contributed by atoms with Gasteiger partial charge in [0.1, 0.15) is 0 Å². The number of carbonyl (C=O) groups excluding carboxylic acids is 1. The van der Waals surface area contributed by atoms with E-state index >= 15 is 0 Å². The predicted molar refractivity (Wildman–Crippen MR) is 74.4 cm³/mol. The van der Waals surface area contributed by atoms with Crippen molar-refractivity contribution in [3.63, 3.8) is 0 Å². The number of anilines is 2. The van der Waals surface area contributed by atoms with Gasteiger partial charge in [-0.25, -0.2) is 0 Å². The number of amides is 1. The molecule has 1 amide bonds. The summed E-state index contributed by atoms with van der Waals surface area (Å²) in [6, 6.07) is 3.86. The Morgan fingerprint density at radius 1 is 1.41 bits per heavy atom. The Hall–Kier alpha value is -1.16. The second-order valence-corrected chi connectivity index (χ2v) is 5.72. The largest absolute Gasteiger partial charge is 0.398 e. The average molecular weight is 250 g/mol. The predicted octanol–water partition coefficient (Wildman–Crippen LogP) is 2.58. The van der Waals surface area contributed by atoms with Crippen LogP contribution in [0.15, 0.2) is 12.1 Å². The molecule has 0 radical (unpaired) electrons. The van der Waals surface area contributed by atoms with E-state index in [0.717, 1.165) is 40.4 Å². The van der Waals surface area contributed by atoms with Crippen LogP contribution in [0.4, 0.5) is 11.4 Å². The minimum atomic E-state index is 0.126. The lowest BCUT2D eigenvalue weighted by atomic mass is 10.1. The number of aryl methyl sites for hydroxylation is 2. The van der Waals surface area contributed by atoms with E-state index in [-0.39, 0.29) is 11.8 Å². The van der Waals surface area contributed by atoms with Gasteiger partial charge in [0, 0.05) is 23.0 Å². The third kappa shape index (κ3) is 2.75. The molecular formula is C13H18N2OS. The van der Waals surface area contributed by atoms with E-state index in [1.165, 1.54) is 0 Å². The minimum absolute atomic E-state index is 0.126. The van der Waals surface area contributed by atoms with Crippen molar-refractivity contribution < 1.29 is 4.79 Å². The number of carbonyl (C=O) groups is 1. The first-order valence-corrected chi connectivity index (χ1v) is 6.98. The van der Waals surface area contributed by atoms with E-state index in [1.54, 1.807) is 0 Å². The van der Waals surface area contributed by atoms with Gasteiger partial charge in [-0.1, -0.05) is 6.07 Å². The highest BCUT2D eigenvalue weighted by Gasteiger charge is 2.23. The van der Waals surface area contributed by atoms with E-state index < -0.39 is 0 Å². The SMILES string of the molecule is Cc1cc(C)c(NC(=O)C2CCSC2)cc1N. The molecule has 1 unspecified atom stereocenters. The molecule has 1 aromatic rings. The van der Waals surface area contributed by atoms with Gasteiger partial charge >= 0.3 is 0 Å². The second kappa shape index (κ2) is 5.00. The Balaban J connectivity index is 2.12. The van der Waals surface area contributed by atoms with Gasteiger partial charge in [0.25, 0.3) is 0 Å². The summed E-state index contributed by atoms with van der Waals surface area (Å²) in [5, 5.41) is 2.99. The van der Waals surface area contributed by atoms with Crippen LogP contribution in [0, 0.1) is 19.8 Å². The quantitative estimate of drug-likeness (QED) is 0.793. The van der Waals surface area contributed by atoms with Gasteiger partial charge in [0.15, 0.2) is 0 Å². The molecule has 3 N–H and O–H groups in total. The second-order valence-electron chi connectivity index (χ2n) is 4.57. The zero-order chi connectivity index (χ0) is 12.4. The Morgan fingerprint density at radius 2 is 2.18 bits per heavy atom. The maximum absolute atomic E-state index is 12.0. The van der Waals surface area contributed by atoms with E-state index in [2.05, 4.69) is 5.32 Å². The lowest BCUT2D eigenvalue weighted by Gasteiger charge is -2.13. The molecule has 4 heteroatoms. The molecule has 1 fully saturated rings. The molecule has 0 aliphatic carbocycles. The van der Waals surface area contributed by atoms with Crippen LogP contribution in [0.1, 0.15) is 17.5 Å². The number of thioether (sulfide) groups is 1. The molecule has 17 heavy (non-hydrogen) atoms. The van der Waals surface area contributed by atoms with Crippen LogP contribution in [0.5, 0.6) is 0 Å². The third-order valence-electron chi connectivity index (χ3n) is 3.17. The number of nitrogens with two attached hydrogens (primary N) is 1. The summed E-state index contributed by atoms with van der Waals surface area (Å²) in [5.74, 6) is 2.31. The maximum atomic E-state index is 12.0. The van der Waals surface area contributed by atoms with Gasteiger partial charge in [0.2, 0.25) is 5.91 Å². The normalized spacial score (nSPS) is 19.3. The Kier molecular flexibility index (Phi) is 3.62. The summed E-state index contributed by atoms with van der Waals surface area (Å²) < 4.78 is 0. The van der Waals surface area contributed by atoms with Crippen molar-refractivity contribution >= 4 is 29.0 Å². The average Bonchev–Trinajstić information content (AvgIpc) is 2.79. The van der Waals surface area contributed by atoms with Crippen LogP contribution in [0.25, 0.3) is 0 Å². The number of nitrogens with one attached hydrogen (secondary N) is 1. The standard InChI is InChI=1S/C13H18N2OS/c1-8-5-9(2)12(6-11(8)14)15-13(16)10-3-4-17-7-10/h5-6,10H,3-4,7,14H2,1-2H3,(H,15,16). The molecule has 3 nitrogen and oxygen atoms in total. The smallest absolute Gasteiger partial charge is 0.228 e. The lowest BCUT2D eigenvalue weighted by Crippen LogP contribution is -2.22. The van der Waals surface area contributed by atoms with Crippen LogP contribution in [0.2, 0.25) is 0 Å². The molecule has 1 aliphatic heterocycles. The van der Waals surface area contributed by atoms with Gasteiger partial charge in [-0.05, 0) is 43.2 Å². The number of nitrogen functional groups attached to an aromatic ring is 1. The first-order valence-electron chi connectivity index (χ1n) is 5.83. The van der Waals surface area contributed by atoms with Crippen molar-refractivity contribution in [2.24, 2.45) is 5.92 Å². The first kappa shape index (κ1) is 12.3. The molecule has 0 saturated carbocycles. The van der Waals surface area contributed by atoms with Gasteiger partial charge in [-0.3, -0.25) is 4.79 Å². The molecule has 0 aromatic heterocycles. The van der Waals surface area contributed by atoms with Crippen molar-refractivity contribution in [3.05, 3.63) is 23.3 Å². The molecule has 0 spiro atoms. The minimum Gasteiger partial charge on any atom is -0.398 e. The molecule has 1 saturated heterocycles. The zero-order valence-electron chi connectivity index (χ0n) is 10.2. The summed E-state index contributed by atoms with van der Waals surface area (Å²) in [6.07, 6.45) is 0.983. The Labute approximate surface area is 106 Å². The van der Waals surface area contributed by atoms with E-state index in [1.807, 2.05) is 37.7 Å². The van der Waals surface area contributed by atoms with Crippen LogP contribution in [-0.2, 0) is 4.79 Å². The molecule has 0 bridgehead atoms. The van der Waals surface area contributed by atoms with Gasteiger partial charge in [-0.15, -0.1) is 0 Å². The van der Waals surface area contributed by atoms with Crippen LogP contribution < -0.4 is 11.1 Å². The number of rotatable bonds is 2. The third-order valence-corrected chi connectivity index (χ3v) is 4.33. The molecule has 1 atom stereocenters. The van der Waals surface area contributed by atoms with Gasteiger partial charge < -0.3 is 11.1 Å². The fraction of sp³-hybridized carbons (Fsp3) is 0.462. The van der Waals surface area contributed by atoms with Gasteiger partial charge in [-0.2, -0.15) is 11.8 Å². The van der Waals surface area contributed by atoms with E-state index in [4.69, 9.17) is 5.73 Å². The fourth-order valence-corrected chi connectivity index (χ4v) is 3.20. The number of benzene rings is 1. The van der Waals surface area contributed by atoms with Crippen molar-refractivity contribution in [1.82, 2.24) is 0 Å². The molecule has 1 aliphatic rings. The summed E-state index contributed by atoms with van der Waals surface area (Å²) in [4.78, 5) is 12.0. The fourth-order valence-electron chi connectivity index (χ4n) is 1.98. The Morgan fingerprint density at radius 3 is 2.82 bits per heavy atom. The molecule has 1 heterocycles. The monoisotopic (exact) mass is 250 g/mol. The lowest BCUT2D eigenvalue weighted by molar-refractivity contribution is -0.119. The van der Waals surface area contributed by atoms with Crippen LogP contribution in [0.3, 0.4) is 0 Å². The highest BCUT2D eigenvalue weighted by Crippen LogP contribution is 2.27. The summed E-state index contributed by atoms with van der Waals surface area (Å²) in [6.45, 7) is 3.97. The molecule has 2 rings (SSSR count). The van der Waals surface area contributed by atoms with Crippen LogP contribution in [-0.4, -0.2) is 17.4 Å². The highest BCUT2D eigenvalue weighted by molar-refractivity contribution is 7.99. The van der Waals surface area contributed by atoms with E-state index in [0.29, 0.717) is 0 Å². The van der Waals surface area contributed by atoms with Crippen LogP contribution >= 0.6 is 11.8 Å². The summed E-state index contributed by atoms with van der Waals surface area (Å²) in [7, 11) is 0. The number of hydrogen-bond donors (Lipinski definition) is 2. The number of hydrogen-bond acceptors (Lipinski definition) is 3. The summed E-state index contributed by atoms with van der Waals surface area (Å²) in [5.41, 5.74) is 9.55. The molecule has 92 valence electrons. The van der Waals surface area contributed by atoms with Crippen molar-refractivity contribution in [3.8, 4) is 0 Å². The van der Waals surface area contributed by atoms with Crippen molar-refractivity contribution in [1.29, 1.82) is 0 Å². The topological polar surface area (TPSA) is 55.1 Å². The van der Waals surface area contributed by atoms with Crippen molar-refractivity contribution in [2.75, 3.05) is 22.6 Å². The first-order chi connectivity index (χ1) is 8.08.